The van der Waals surface area contributed by atoms with Gasteiger partial charge in [-0.25, -0.2) is 4.39 Å². The van der Waals surface area contributed by atoms with E-state index in [1.54, 1.807) is 23.2 Å². The molecule has 1 aliphatic heterocycles. The summed E-state index contributed by atoms with van der Waals surface area (Å²) in [5.74, 6) is -0.403. The van der Waals surface area contributed by atoms with Crippen molar-refractivity contribution in [1.29, 1.82) is 0 Å². The van der Waals surface area contributed by atoms with Gasteiger partial charge in [0.2, 0.25) is 0 Å². The van der Waals surface area contributed by atoms with E-state index in [0.717, 1.165) is 12.1 Å². The molecule has 2 aromatic rings. The Labute approximate surface area is 127 Å². The molecule has 0 bridgehead atoms. The molecule has 2 N–H and O–H groups in total. The fraction of sp³-hybridized carbons (Fsp3) is 0.286. The number of aromatic nitrogens is 2. The van der Waals surface area contributed by atoms with Crippen LogP contribution in [-0.4, -0.2) is 40.6 Å². The van der Waals surface area contributed by atoms with Crippen LogP contribution in [0.5, 0.6) is 0 Å². The second-order valence-corrected chi connectivity index (χ2v) is 4.74. The summed E-state index contributed by atoms with van der Waals surface area (Å²) in [4.78, 5) is 14.2. The van der Waals surface area contributed by atoms with Crippen LogP contribution in [0.3, 0.4) is 0 Å². The molecule has 0 spiro atoms. The van der Waals surface area contributed by atoms with E-state index in [0.29, 0.717) is 18.8 Å². The molecule has 0 radical (unpaired) electrons. The number of nitrogens with zero attached hydrogens (tertiary/aromatic N) is 2. The van der Waals surface area contributed by atoms with Gasteiger partial charge in [-0.05, 0) is 23.8 Å². The third-order valence-electron chi connectivity index (χ3n) is 3.47. The molecule has 1 aliphatic rings. The van der Waals surface area contributed by atoms with Crippen molar-refractivity contribution in [3.05, 3.63) is 53.6 Å². The number of H-pyrrole nitrogens is 1. The first kappa shape index (κ1) is 15.5. The topological polar surface area (TPSA) is 61.0 Å². The molecule has 2 heterocycles. The van der Waals surface area contributed by atoms with E-state index < -0.39 is 0 Å². The zero-order valence-corrected chi connectivity index (χ0v) is 12.1. The number of benzene rings is 1. The molecule has 1 saturated heterocycles. The Morgan fingerprint density at radius 1 is 1.38 bits per heavy atom. The number of carbonyl (C=O) groups excluding carboxylic acids is 1. The number of nitrogens with one attached hydrogen (secondary N) is 2. The summed E-state index contributed by atoms with van der Waals surface area (Å²) in [7, 11) is 0. The van der Waals surface area contributed by atoms with Crippen LogP contribution in [0.15, 0.2) is 36.5 Å². The van der Waals surface area contributed by atoms with Gasteiger partial charge in [0.1, 0.15) is 11.5 Å². The molecule has 1 aromatic heterocycles. The molecule has 1 atom stereocenters. The second-order valence-electron chi connectivity index (χ2n) is 4.74. The summed E-state index contributed by atoms with van der Waals surface area (Å²) in [6.07, 6.45) is 1.55. The number of piperazine rings is 1. The van der Waals surface area contributed by atoms with Crippen molar-refractivity contribution in [1.82, 2.24) is 20.4 Å². The van der Waals surface area contributed by atoms with Gasteiger partial charge in [-0.1, -0.05) is 12.1 Å². The van der Waals surface area contributed by atoms with E-state index in [4.69, 9.17) is 0 Å². The third kappa shape index (κ3) is 3.22. The Balaban J connectivity index is 0.00000161. The lowest BCUT2D eigenvalue weighted by molar-refractivity contribution is 0.0628. The Hall–Kier alpha value is -1.92. The van der Waals surface area contributed by atoms with E-state index in [2.05, 4.69) is 15.5 Å². The predicted molar refractivity (Wildman–Crippen MR) is 78.9 cm³/mol. The fourth-order valence-electron chi connectivity index (χ4n) is 2.49. The van der Waals surface area contributed by atoms with Crippen molar-refractivity contribution in [3.63, 3.8) is 0 Å². The van der Waals surface area contributed by atoms with Crippen LogP contribution in [0, 0.1) is 5.82 Å². The van der Waals surface area contributed by atoms with E-state index in [-0.39, 0.29) is 30.2 Å². The largest absolute Gasteiger partial charge is 0.328 e. The highest BCUT2D eigenvalue weighted by atomic mass is 35.5. The molecule has 1 amide bonds. The van der Waals surface area contributed by atoms with Gasteiger partial charge < -0.3 is 10.2 Å². The van der Waals surface area contributed by atoms with Crippen LogP contribution < -0.4 is 5.32 Å². The van der Waals surface area contributed by atoms with Crippen LogP contribution in [0.4, 0.5) is 4.39 Å². The van der Waals surface area contributed by atoms with E-state index >= 15 is 0 Å². The fourth-order valence-corrected chi connectivity index (χ4v) is 2.49. The monoisotopic (exact) mass is 310 g/mol. The van der Waals surface area contributed by atoms with Crippen molar-refractivity contribution in [3.8, 4) is 0 Å². The Kier molecular flexibility index (Phi) is 4.93. The van der Waals surface area contributed by atoms with Gasteiger partial charge in [0.15, 0.2) is 0 Å². The lowest BCUT2D eigenvalue weighted by atomic mass is 10.0. The summed E-state index contributed by atoms with van der Waals surface area (Å²) in [6, 6.07) is 7.86. The summed E-state index contributed by atoms with van der Waals surface area (Å²) in [5, 5.41) is 9.72. The highest BCUT2D eigenvalue weighted by Gasteiger charge is 2.29. The summed E-state index contributed by atoms with van der Waals surface area (Å²) in [6.45, 7) is 1.92. The quantitative estimate of drug-likeness (QED) is 0.888. The number of aromatic amines is 1. The minimum Gasteiger partial charge on any atom is -0.328 e. The molecule has 1 unspecified atom stereocenters. The summed E-state index contributed by atoms with van der Waals surface area (Å²) >= 11 is 0. The minimum atomic E-state index is -0.290. The van der Waals surface area contributed by atoms with Crippen LogP contribution in [-0.2, 0) is 0 Å². The van der Waals surface area contributed by atoms with Gasteiger partial charge in [0.05, 0.1) is 6.04 Å². The van der Waals surface area contributed by atoms with Crippen molar-refractivity contribution >= 4 is 18.3 Å². The molecular weight excluding hydrogens is 295 g/mol. The molecule has 112 valence electrons. The zero-order valence-electron chi connectivity index (χ0n) is 11.3. The Morgan fingerprint density at radius 3 is 2.95 bits per heavy atom. The Bertz CT molecular complexity index is 605. The van der Waals surface area contributed by atoms with E-state index in [9.17, 15) is 9.18 Å². The van der Waals surface area contributed by atoms with Crippen molar-refractivity contribution in [2.24, 2.45) is 0 Å². The molecule has 1 fully saturated rings. The molecular formula is C14H16ClFN4O. The second kappa shape index (κ2) is 6.69. The minimum absolute atomic E-state index is 0. The molecule has 1 aromatic carbocycles. The lowest BCUT2D eigenvalue weighted by Gasteiger charge is -2.36. The average Bonchev–Trinajstić information content (AvgIpc) is 3.01. The maximum Gasteiger partial charge on any atom is 0.272 e. The molecule has 3 rings (SSSR count). The normalized spacial score (nSPS) is 18.1. The first-order valence-electron chi connectivity index (χ1n) is 6.52. The summed E-state index contributed by atoms with van der Waals surface area (Å²) in [5.41, 5.74) is 1.25. The highest BCUT2D eigenvalue weighted by molar-refractivity contribution is 5.92. The number of amides is 1. The van der Waals surface area contributed by atoms with Crippen molar-refractivity contribution in [2.45, 2.75) is 6.04 Å². The lowest BCUT2D eigenvalue weighted by Crippen LogP contribution is -2.48. The third-order valence-corrected chi connectivity index (χ3v) is 3.47. The smallest absolute Gasteiger partial charge is 0.272 e. The van der Waals surface area contributed by atoms with Crippen molar-refractivity contribution in [2.75, 3.05) is 19.6 Å². The maximum absolute atomic E-state index is 13.4. The molecule has 0 aliphatic carbocycles. The number of carbonyl (C=O) groups is 1. The molecule has 0 saturated carbocycles. The summed E-state index contributed by atoms with van der Waals surface area (Å²) < 4.78 is 13.4. The van der Waals surface area contributed by atoms with Gasteiger partial charge in [-0.15, -0.1) is 12.4 Å². The average molecular weight is 311 g/mol. The van der Waals surface area contributed by atoms with Crippen LogP contribution in [0.2, 0.25) is 0 Å². The van der Waals surface area contributed by atoms with Gasteiger partial charge in [-0.2, -0.15) is 5.10 Å². The van der Waals surface area contributed by atoms with E-state index in [1.165, 1.54) is 12.1 Å². The van der Waals surface area contributed by atoms with Crippen molar-refractivity contribution < 1.29 is 9.18 Å². The van der Waals surface area contributed by atoms with Gasteiger partial charge in [0, 0.05) is 25.8 Å². The van der Waals surface area contributed by atoms with Gasteiger partial charge in [0.25, 0.3) is 5.91 Å². The number of hydrogen-bond donors (Lipinski definition) is 2. The first-order chi connectivity index (χ1) is 9.75. The molecule has 21 heavy (non-hydrogen) atoms. The van der Waals surface area contributed by atoms with Crippen LogP contribution in [0.25, 0.3) is 0 Å². The number of halogens is 2. The number of rotatable bonds is 2. The first-order valence-corrected chi connectivity index (χ1v) is 6.52. The molecule has 7 heteroatoms. The van der Waals surface area contributed by atoms with Gasteiger partial charge in [-0.3, -0.25) is 9.89 Å². The number of hydrogen-bond acceptors (Lipinski definition) is 3. The maximum atomic E-state index is 13.4. The zero-order chi connectivity index (χ0) is 13.9. The van der Waals surface area contributed by atoms with Gasteiger partial charge >= 0.3 is 0 Å². The SMILES string of the molecule is Cl.O=C(c1ccn[nH]1)N1CCNCC1c1cccc(F)c1. The Morgan fingerprint density at radius 2 is 2.24 bits per heavy atom. The predicted octanol–water partition coefficient (Wildman–Crippen LogP) is 1.76. The van der Waals surface area contributed by atoms with Crippen LogP contribution in [0.1, 0.15) is 22.1 Å². The highest BCUT2D eigenvalue weighted by Crippen LogP contribution is 2.24. The van der Waals surface area contributed by atoms with Crippen LogP contribution >= 0.6 is 12.4 Å². The standard InChI is InChI=1S/C14H15FN4O.ClH/c15-11-3-1-2-10(8-11)13-9-16-6-7-19(13)14(20)12-4-5-17-18-12;/h1-5,8,13,16H,6-7,9H2,(H,17,18);1H. The van der Waals surface area contributed by atoms with E-state index in [1.807, 2.05) is 6.07 Å². The molecule has 5 nitrogen and oxygen atoms in total.